The van der Waals surface area contributed by atoms with Gasteiger partial charge in [0.05, 0.1) is 0 Å². The van der Waals surface area contributed by atoms with Crippen LogP contribution in [0, 0.1) is 0 Å². The fraction of sp³-hybridized carbons (Fsp3) is 0.143. The quantitative estimate of drug-likeness (QED) is 0.601. The largest absolute Gasteiger partial charge is 0.305 e. The molecule has 0 atom stereocenters. The van der Waals surface area contributed by atoms with Crippen molar-refractivity contribution in [2.75, 3.05) is 0 Å². The van der Waals surface area contributed by atoms with Gasteiger partial charge in [-0.1, -0.05) is 0 Å². The Bertz CT molecular complexity index is 365. The first-order valence-corrected chi connectivity index (χ1v) is 3.26. The van der Waals surface area contributed by atoms with E-state index in [0.717, 1.165) is 0 Å². The van der Waals surface area contributed by atoms with E-state index in [2.05, 4.69) is 0 Å². The predicted molar refractivity (Wildman–Crippen MR) is 32.7 cm³/mol. The smallest absolute Gasteiger partial charge is 0.220 e. The molecular formula is C7F8. The standard InChI is InChI=1S/C7F8/c8-1-2(9)4(11)7(15,3(1)10)5(12)6(13)14. The maximum Gasteiger partial charge on any atom is 0.305 e. The maximum absolute atomic E-state index is 13.0. The minimum atomic E-state index is -4.83. The van der Waals surface area contributed by atoms with Crippen LogP contribution in [-0.4, -0.2) is 5.67 Å². The lowest BCUT2D eigenvalue weighted by atomic mass is 10.1. The monoisotopic (exact) mass is 236 g/mol. The van der Waals surface area contributed by atoms with Crippen LogP contribution in [0.4, 0.5) is 35.1 Å². The fourth-order valence-corrected chi connectivity index (χ4v) is 0.914. The van der Waals surface area contributed by atoms with E-state index in [-0.39, 0.29) is 0 Å². The molecule has 0 amide bonds. The second-order valence-electron chi connectivity index (χ2n) is 2.49. The summed E-state index contributed by atoms with van der Waals surface area (Å²) in [6, 6.07) is 0. The van der Waals surface area contributed by atoms with Crippen molar-refractivity contribution in [1.82, 2.24) is 0 Å². The molecule has 0 aromatic carbocycles. The Labute approximate surface area is 77.2 Å². The summed E-state index contributed by atoms with van der Waals surface area (Å²) in [6.45, 7) is 0. The summed E-state index contributed by atoms with van der Waals surface area (Å²) >= 11 is 0. The number of halogens is 8. The molecule has 0 aromatic heterocycles. The van der Waals surface area contributed by atoms with Crippen molar-refractivity contribution in [2.45, 2.75) is 5.67 Å². The van der Waals surface area contributed by atoms with Crippen LogP contribution in [0.2, 0.25) is 0 Å². The van der Waals surface area contributed by atoms with Crippen molar-refractivity contribution in [1.29, 1.82) is 0 Å². The molecule has 0 bridgehead atoms. The van der Waals surface area contributed by atoms with Gasteiger partial charge in [-0.2, -0.15) is 8.78 Å². The van der Waals surface area contributed by atoms with Crippen molar-refractivity contribution < 1.29 is 35.1 Å². The molecule has 0 radical (unpaired) electrons. The van der Waals surface area contributed by atoms with E-state index in [4.69, 9.17) is 0 Å². The molecular weight excluding hydrogens is 236 g/mol. The molecule has 8 heteroatoms. The first-order chi connectivity index (χ1) is 6.74. The van der Waals surface area contributed by atoms with Gasteiger partial charge in [0, 0.05) is 0 Å². The number of alkyl halides is 1. The van der Waals surface area contributed by atoms with Crippen LogP contribution in [0.1, 0.15) is 0 Å². The molecule has 84 valence electrons. The normalized spacial score (nSPS) is 20.0. The number of hydrogen-bond donors (Lipinski definition) is 0. The summed E-state index contributed by atoms with van der Waals surface area (Å²) in [5.74, 6) is -14.4. The first-order valence-electron chi connectivity index (χ1n) is 3.26. The van der Waals surface area contributed by atoms with Gasteiger partial charge in [0.1, 0.15) is 0 Å². The maximum atomic E-state index is 13.0. The minimum absolute atomic E-state index is 2.67. The second kappa shape index (κ2) is 3.35. The zero-order valence-electron chi connectivity index (χ0n) is 6.52. The molecule has 1 aliphatic rings. The molecule has 15 heavy (non-hydrogen) atoms. The van der Waals surface area contributed by atoms with Crippen molar-refractivity contribution in [2.24, 2.45) is 0 Å². The van der Waals surface area contributed by atoms with E-state index >= 15 is 0 Å². The molecule has 0 N–H and O–H groups in total. The van der Waals surface area contributed by atoms with E-state index in [1.807, 2.05) is 0 Å². The van der Waals surface area contributed by atoms with Crippen LogP contribution in [0.5, 0.6) is 0 Å². The van der Waals surface area contributed by atoms with Gasteiger partial charge in [-0.3, -0.25) is 0 Å². The summed E-state index contributed by atoms with van der Waals surface area (Å²) < 4.78 is 97.9. The van der Waals surface area contributed by atoms with Crippen molar-refractivity contribution in [3.05, 3.63) is 35.2 Å². The molecule has 0 spiro atoms. The highest BCUT2D eigenvalue weighted by molar-refractivity contribution is 5.50. The molecule has 0 unspecified atom stereocenters. The van der Waals surface area contributed by atoms with Crippen LogP contribution in [0.3, 0.4) is 0 Å². The molecule has 1 aliphatic carbocycles. The number of allylic oxidation sites excluding steroid dienone is 5. The molecule has 0 nitrogen and oxygen atoms in total. The van der Waals surface area contributed by atoms with Gasteiger partial charge < -0.3 is 0 Å². The summed E-state index contributed by atoms with van der Waals surface area (Å²) in [5.41, 5.74) is -4.83. The topological polar surface area (TPSA) is 0 Å². The summed E-state index contributed by atoms with van der Waals surface area (Å²) in [4.78, 5) is 0. The molecule has 0 saturated heterocycles. The fourth-order valence-electron chi connectivity index (χ4n) is 0.914. The van der Waals surface area contributed by atoms with Crippen molar-refractivity contribution in [3.8, 4) is 0 Å². The van der Waals surface area contributed by atoms with Gasteiger partial charge in [-0.15, -0.1) is 0 Å². The van der Waals surface area contributed by atoms with Gasteiger partial charge in [0.15, 0.2) is 23.3 Å². The zero-order chi connectivity index (χ0) is 12.0. The summed E-state index contributed by atoms with van der Waals surface area (Å²) in [7, 11) is 0. The average molecular weight is 236 g/mol. The van der Waals surface area contributed by atoms with E-state index in [0.29, 0.717) is 0 Å². The highest BCUT2D eigenvalue weighted by atomic mass is 19.3. The van der Waals surface area contributed by atoms with Gasteiger partial charge in [-0.25, -0.2) is 26.3 Å². The Morgan fingerprint density at radius 2 is 1.13 bits per heavy atom. The van der Waals surface area contributed by atoms with Crippen molar-refractivity contribution in [3.63, 3.8) is 0 Å². The third kappa shape index (κ3) is 1.35. The van der Waals surface area contributed by atoms with E-state index < -0.39 is 40.9 Å². The Morgan fingerprint density at radius 3 is 1.40 bits per heavy atom. The zero-order valence-corrected chi connectivity index (χ0v) is 6.52. The lowest BCUT2D eigenvalue weighted by Crippen LogP contribution is -2.24. The van der Waals surface area contributed by atoms with Gasteiger partial charge in [0.25, 0.3) is 5.67 Å². The Morgan fingerprint density at radius 1 is 0.800 bits per heavy atom. The van der Waals surface area contributed by atoms with Crippen LogP contribution in [0.15, 0.2) is 35.2 Å². The predicted octanol–water partition coefficient (Wildman–Crippen LogP) is 4.09. The number of rotatable bonds is 1. The van der Waals surface area contributed by atoms with Gasteiger partial charge >= 0.3 is 6.08 Å². The molecule has 1 rings (SSSR count). The Hall–Kier alpha value is -1.34. The number of hydrogen-bond acceptors (Lipinski definition) is 0. The molecule has 0 heterocycles. The Kier molecular flexibility index (Phi) is 2.62. The second-order valence-corrected chi connectivity index (χ2v) is 2.49. The SMILES string of the molecule is FC(F)=C(F)C1(F)C(F)=C(F)C(F)=C1F. The summed E-state index contributed by atoms with van der Waals surface area (Å²) in [5, 5.41) is 0. The summed E-state index contributed by atoms with van der Waals surface area (Å²) in [6.07, 6.45) is -3.41. The highest BCUT2D eigenvalue weighted by Crippen LogP contribution is 2.51. The molecule has 0 aromatic rings. The minimum Gasteiger partial charge on any atom is -0.220 e. The Balaban J connectivity index is 3.48. The van der Waals surface area contributed by atoms with Crippen LogP contribution >= 0.6 is 0 Å². The van der Waals surface area contributed by atoms with Crippen LogP contribution in [-0.2, 0) is 0 Å². The van der Waals surface area contributed by atoms with E-state index in [1.54, 1.807) is 0 Å². The molecule has 0 fully saturated rings. The van der Waals surface area contributed by atoms with Crippen molar-refractivity contribution >= 4 is 0 Å². The van der Waals surface area contributed by atoms with Crippen LogP contribution < -0.4 is 0 Å². The lowest BCUT2D eigenvalue weighted by Gasteiger charge is -2.14. The van der Waals surface area contributed by atoms with Gasteiger partial charge in [-0.05, 0) is 0 Å². The molecule has 0 saturated carbocycles. The van der Waals surface area contributed by atoms with Gasteiger partial charge in [0.2, 0.25) is 5.83 Å². The van der Waals surface area contributed by atoms with Crippen LogP contribution in [0.25, 0.3) is 0 Å². The van der Waals surface area contributed by atoms with E-state index in [1.165, 1.54) is 0 Å². The average Bonchev–Trinajstić information content (AvgIpc) is 2.34. The molecule has 0 aliphatic heterocycles. The van der Waals surface area contributed by atoms with E-state index in [9.17, 15) is 35.1 Å². The third-order valence-corrected chi connectivity index (χ3v) is 1.65. The first kappa shape index (κ1) is 11.7. The third-order valence-electron chi connectivity index (χ3n) is 1.65. The lowest BCUT2D eigenvalue weighted by molar-refractivity contribution is 0.175. The highest BCUT2D eigenvalue weighted by Gasteiger charge is 2.57.